The lowest BCUT2D eigenvalue weighted by atomic mass is 9.86. The van der Waals surface area contributed by atoms with E-state index in [4.69, 9.17) is 13.6 Å². The first-order valence-corrected chi connectivity index (χ1v) is 11.1. The van der Waals surface area contributed by atoms with Gasteiger partial charge in [-0.25, -0.2) is 9.59 Å². The van der Waals surface area contributed by atoms with E-state index in [1.54, 1.807) is 0 Å². The Balaban J connectivity index is 1.55. The summed E-state index contributed by atoms with van der Waals surface area (Å²) in [5.41, 5.74) is -2.61. The van der Waals surface area contributed by atoms with Crippen LogP contribution < -0.4 is 10.4 Å². The molecule has 2 aromatic heterocycles. The maximum absolute atomic E-state index is 13.1. The van der Waals surface area contributed by atoms with E-state index in [1.165, 1.54) is 7.11 Å². The predicted octanol–water partition coefficient (Wildman–Crippen LogP) is 2.06. The number of hydrogen-bond donors (Lipinski definition) is 5. The molecule has 0 saturated carbocycles. The highest BCUT2D eigenvalue weighted by Gasteiger charge is 2.39. The Kier molecular flexibility index (Phi) is 5.80. The minimum atomic E-state index is -1.61. The lowest BCUT2D eigenvalue weighted by molar-refractivity contribution is 0.0560. The molecule has 1 atom stereocenters. The number of hydrogen-bond acceptors (Lipinski definition) is 13. The fourth-order valence-electron chi connectivity index (χ4n) is 4.47. The summed E-state index contributed by atoms with van der Waals surface area (Å²) in [6.45, 7) is 0. The van der Waals surface area contributed by atoms with Crippen LogP contribution in [0, 0.1) is 0 Å². The number of esters is 1. The second-order valence-corrected chi connectivity index (χ2v) is 8.55. The Bertz CT molecular complexity index is 1790. The summed E-state index contributed by atoms with van der Waals surface area (Å²) in [6.07, 6.45) is -2.05. The maximum Gasteiger partial charge on any atom is 0.374 e. The van der Waals surface area contributed by atoms with E-state index in [0.29, 0.717) is 0 Å². The number of phenolic OH excluding ortho intramolecular Hbond substituents is 4. The van der Waals surface area contributed by atoms with Crippen LogP contribution in [0.5, 0.6) is 28.7 Å². The van der Waals surface area contributed by atoms with Crippen molar-refractivity contribution in [3.8, 4) is 28.7 Å². The molecule has 5 rings (SSSR count). The summed E-state index contributed by atoms with van der Waals surface area (Å²) in [7, 11) is 2.25. The van der Waals surface area contributed by atoms with Crippen LogP contribution in [-0.4, -0.2) is 57.3 Å². The van der Waals surface area contributed by atoms with Crippen molar-refractivity contribution in [2.24, 2.45) is 0 Å². The van der Waals surface area contributed by atoms with Gasteiger partial charge in [0.2, 0.25) is 17.3 Å². The Morgan fingerprint density at radius 2 is 1.62 bits per heavy atom. The van der Waals surface area contributed by atoms with Crippen molar-refractivity contribution in [3.05, 3.63) is 74.2 Å². The van der Waals surface area contributed by atoms with Crippen LogP contribution in [0.3, 0.4) is 0 Å². The van der Waals surface area contributed by atoms with Crippen LogP contribution in [-0.2, 0) is 11.2 Å². The number of furan rings is 1. The van der Waals surface area contributed by atoms with Gasteiger partial charge in [-0.2, -0.15) is 0 Å². The van der Waals surface area contributed by atoms with Gasteiger partial charge in [-0.05, 0) is 23.6 Å². The van der Waals surface area contributed by atoms with Gasteiger partial charge in [0.1, 0.15) is 16.9 Å². The SMILES string of the molecule is COC(=O)c1cc2cc(C(O)Cc3cc4c(o3)C(=O)c3c(O)c(OC)cc(O)c3C4=O)c(O)c(O)c2c(=O)o1. The lowest BCUT2D eigenvalue weighted by Crippen LogP contribution is -2.19. The van der Waals surface area contributed by atoms with Crippen LogP contribution in [0.15, 0.2) is 37.9 Å². The molecule has 13 nitrogen and oxygen atoms in total. The number of aromatic hydroxyl groups is 4. The van der Waals surface area contributed by atoms with E-state index in [1.807, 2.05) is 0 Å². The summed E-state index contributed by atoms with van der Waals surface area (Å²) in [6, 6.07) is 4.35. The van der Waals surface area contributed by atoms with E-state index < -0.39 is 86.7 Å². The van der Waals surface area contributed by atoms with Crippen LogP contribution in [0.1, 0.15) is 60.0 Å². The van der Waals surface area contributed by atoms with Gasteiger partial charge in [-0.3, -0.25) is 9.59 Å². The van der Waals surface area contributed by atoms with Gasteiger partial charge in [0.25, 0.3) is 0 Å². The average molecular weight is 538 g/mol. The topological polar surface area (TPSA) is 214 Å². The number of aliphatic hydroxyl groups is 1. The number of carbonyl (C=O) groups is 3. The molecule has 0 radical (unpaired) electrons. The highest BCUT2D eigenvalue weighted by atomic mass is 16.5. The number of ketones is 2. The number of phenols is 4. The Hall–Kier alpha value is -5.30. The standard InChI is InChI=1S/C26H18O13/c1-36-14-7-13(28)17-18(21(14)31)23(33)24-11(19(17)29)5-9(38-24)6-12(27)10-3-8-4-15(25(34)37-2)39-26(35)16(8)22(32)20(10)30/h3-5,7,12,27-28,30-32H,6H2,1-2H3. The third-order valence-corrected chi connectivity index (χ3v) is 6.32. The van der Waals surface area contributed by atoms with Crippen molar-refractivity contribution >= 4 is 28.3 Å². The summed E-state index contributed by atoms with van der Waals surface area (Å²) in [5.74, 6) is -7.04. The number of ether oxygens (including phenoxy) is 2. The Morgan fingerprint density at radius 1 is 0.897 bits per heavy atom. The molecule has 13 heteroatoms. The molecule has 0 saturated heterocycles. The quantitative estimate of drug-likeness (QED) is 0.123. The van der Waals surface area contributed by atoms with Crippen LogP contribution in [0.4, 0.5) is 0 Å². The summed E-state index contributed by atoms with van der Waals surface area (Å²) in [4.78, 5) is 50.2. The average Bonchev–Trinajstić information content (AvgIpc) is 3.33. The van der Waals surface area contributed by atoms with Crippen LogP contribution >= 0.6 is 0 Å². The first-order chi connectivity index (χ1) is 18.5. The number of aliphatic hydroxyl groups excluding tert-OH is 1. The van der Waals surface area contributed by atoms with E-state index >= 15 is 0 Å². The van der Waals surface area contributed by atoms with Crippen molar-refractivity contribution in [2.45, 2.75) is 12.5 Å². The van der Waals surface area contributed by atoms with Crippen molar-refractivity contribution in [1.29, 1.82) is 0 Å². The Morgan fingerprint density at radius 3 is 2.28 bits per heavy atom. The minimum absolute atomic E-state index is 0.0598. The maximum atomic E-state index is 13.1. The molecule has 200 valence electrons. The molecule has 0 amide bonds. The van der Waals surface area contributed by atoms with Crippen LogP contribution in [0.25, 0.3) is 10.8 Å². The number of fused-ring (bicyclic) bond motifs is 3. The Labute approximate surface area is 216 Å². The molecule has 0 bridgehead atoms. The fourth-order valence-corrected chi connectivity index (χ4v) is 4.47. The third-order valence-electron chi connectivity index (χ3n) is 6.32. The van der Waals surface area contributed by atoms with Gasteiger partial charge in [0, 0.05) is 18.1 Å². The van der Waals surface area contributed by atoms with E-state index in [-0.39, 0.29) is 28.0 Å². The predicted molar refractivity (Wildman–Crippen MR) is 128 cm³/mol. The normalized spacial score (nSPS) is 13.2. The number of methoxy groups -OCH3 is 2. The summed E-state index contributed by atoms with van der Waals surface area (Å²) in [5, 5.41) is 51.9. The molecule has 1 aliphatic carbocycles. The lowest BCUT2D eigenvalue weighted by Gasteiger charge is -2.17. The zero-order valence-electron chi connectivity index (χ0n) is 20.1. The summed E-state index contributed by atoms with van der Waals surface area (Å²) < 4.78 is 19.8. The molecular weight excluding hydrogens is 520 g/mol. The van der Waals surface area contributed by atoms with Gasteiger partial charge in [-0.15, -0.1) is 0 Å². The van der Waals surface area contributed by atoms with Gasteiger partial charge in [-0.1, -0.05) is 0 Å². The second kappa shape index (κ2) is 8.92. The monoisotopic (exact) mass is 538 g/mol. The highest BCUT2D eigenvalue weighted by Crippen LogP contribution is 2.45. The van der Waals surface area contributed by atoms with Gasteiger partial charge in [0.05, 0.1) is 37.0 Å². The first-order valence-electron chi connectivity index (χ1n) is 11.1. The highest BCUT2D eigenvalue weighted by molar-refractivity contribution is 6.29. The zero-order chi connectivity index (χ0) is 28.3. The van der Waals surface area contributed by atoms with Gasteiger partial charge >= 0.3 is 11.6 Å². The zero-order valence-corrected chi connectivity index (χ0v) is 20.1. The van der Waals surface area contributed by atoms with Gasteiger partial charge < -0.3 is 43.8 Å². The molecule has 2 aromatic carbocycles. The molecule has 39 heavy (non-hydrogen) atoms. The van der Waals surface area contributed by atoms with Crippen LogP contribution in [0.2, 0.25) is 0 Å². The molecule has 1 unspecified atom stereocenters. The molecule has 1 aliphatic rings. The largest absolute Gasteiger partial charge is 0.507 e. The molecule has 0 aliphatic heterocycles. The molecule has 4 aromatic rings. The number of carbonyl (C=O) groups excluding carboxylic acids is 3. The molecule has 5 N–H and O–H groups in total. The minimum Gasteiger partial charge on any atom is -0.507 e. The second-order valence-electron chi connectivity index (χ2n) is 8.55. The van der Waals surface area contributed by atoms with E-state index in [0.717, 1.165) is 31.4 Å². The number of benzene rings is 2. The molecule has 2 heterocycles. The fraction of sp³-hybridized carbons (Fsp3) is 0.154. The van der Waals surface area contributed by atoms with E-state index in [9.17, 15) is 44.7 Å². The van der Waals surface area contributed by atoms with Crippen molar-refractivity contribution < 1.29 is 58.2 Å². The first kappa shape index (κ1) is 25.4. The molecule has 0 fully saturated rings. The molecule has 0 spiro atoms. The summed E-state index contributed by atoms with van der Waals surface area (Å²) >= 11 is 0. The smallest absolute Gasteiger partial charge is 0.374 e. The number of rotatable bonds is 5. The van der Waals surface area contributed by atoms with E-state index in [2.05, 4.69) is 4.74 Å². The molecular formula is C26H18O13. The van der Waals surface area contributed by atoms with Crippen molar-refractivity contribution in [2.75, 3.05) is 14.2 Å². The van der Waals surface area contributed by atoms with Crippen molar-refractivity contribution in [3.63, 3.8) is 0 Å². The van der Waals surface area contributed by atoms with Crippen molar-refractivity contribution in [1.82, 2.24) is 0 Å². The van der Waals surface area contributed by atoms with Gasteiger partial charge in [0.15, 0.2) is 28.8 Å². The third kappa shape index (κ3) is 3.75.